The first-order valence-electron chi connectivity index (χ1n) is 8.96. The zero-order chi connectivity index (χ0) is 21.0. The summed E-state index contributed by atoms with van der Waals surface area (Å²) in [6.45, 7) is 3.76. The molecule has 0 saturated heterocycles. The van der Waals surface area contributed by atoms with E-state index in [1.807, 2.05) is 13.0 Å². The third-order valence-electron chi connectivity index (χ3n) is 4.15. The average Bonchev–Trinajstić information content (AvgIpc) is 3.00. The Labute approximate surface area is 173 Å². The number of carbonyl (C=O) groups excluding carboxylic acids is 1. The van der Waals surface area contributed by atoms with Crippen LogP contribution in [0.1, 0.15) is 18.1 Å². The van der Waals surface area contributed by atoms with E-state index in [1.54, 1.807) is 49.4 Å². The number of methoxy groups -OCH3 is 1. The lowest BCUT2D eigenvalue weighted by atomic mass is 10.1. The van der Waals surface area contributed by atoms with Gasteiger partial charge in [-0.2, -0.15) is 0 Å². The van der Waals surface area contributed by atoms with Crippen molar-refractivity contribution in [1.82, 2.24) is 0 Å². The number of benzene rings is 2. The third kappa shape index (κ3) is 4.46. The molecule has 0 aromatic heterocycles. The lowest BCUT2D eigenvalue weighted by Crippen LogP contribution is -2.12. The van der Waals surface area contributed by atoms with E-state index in [9.17, 15) is 15.0 Å². The van der Waals surface area contributed by atoms with Gasteiger partial charge in [0.05, 0.1) is 18.6 Å². The number of aliphatic hydroxyl groups is 1. The van der Waals surface area contributed by atoms with Crippen molar-refractivity contribution >= 4 is 34.5 Å². The highest BCUT2D eigenvalue weighted by atomic mass is 32.2. The Balaban J connectivity index is 2.10. The summed E-state index contributed by atoms with van der Waals surface area (Å²) in [6, 6.07) is 12.3. The molecule has 2 aromatic carbocycles. The largest absolute Gasteiger partial charge is 0.507 e. The number of carbonyl (C=O) groups is 1. The second-order valence-corrected chi connectivity index (χ2v) is 7.24. The van der Waals surface area contributed by atoms with E-state index in [0.717, 1.165) is 17.3 Å². The summed E-state index contributed by atoms with van der Waals surface area (Å²) in [6.07, 6.45) is 1.62. The molecule has 0 atom stereocenters. The second-order valence-electron chi connectivity index (χ2n) is 6.21. The molecule has 0 spiro atoms. The van der Waals surface area contributed by atoms with Crippen molar-refractivity contribution in [3.05, 3.63) is 69.8 Å². The summed E-state index contributed by atoms with van der Waals surface area (Å²) >= 11 is 1.12. The van der Waals surface area contributed by atoms with Gasteiger partial charge in [-0.05, 0) is 44.2 Å². The molecular formula is C22H21NO5S. The molecule has 1 heterocycles. The molecule has 0 bridgehead atoms. The molecule has 0 fully saturated rings. The molecule has 150 valence electrons. The van der Waals surface area contributed by atoms with Crippen LogP contribution in [-0.4, -0.2) is 34.9 Å². The Morgan fingerprint density at radius 1 is 1.21 bits per heavy atom. The van der Waals surface area contributed by atoms with Gasteiger partial charge in [-0.15, -0.1) is 0 Å². The average molecular weight is 411 g/mol. The van der Waals surface area contributed by atoms with Gasteiger partial charge in [-0.1, -0.05) is 35.5 Å². The lowest BCUT2D eigenvalue weighted by molar-refractivity contribution is -0.138. The lowest BCUT2D eigenvalue weighted by Gasteiger charge is -2.06. The van der Waals surface area contributed by atoms with Gasteiger partial charge < -0.3 is 19.7 Å². The molecule has 2 N–H and O–H groups in total. The molecular weight excluding hydrogens is 390 g/mol. The van der Waals surface area contributed by atoms with Crippen LogP contribution in [0.4, 0.5) is 5.69 Å². The standard InChI is InChI=1S/C22H21NO5S/c1-4-28-22(26)19-20(25)18(12-14-11-13(2)9-10-16(14)24)29-21(19)23-15-7-5-6-8-17(15)27-3/h5-12,24-25H,4H2,1-3H3. The van der Waals surface area contributed by atoms with Gasteiger partial charge in [-0.3, -0.25) is 0 Å². The molecule has 1 aliphatic heterocycles. The van der Waals surface area contributed by atoms with Crippen LogP contribution < -0.4 is 4.74 Å². The van der Waals surface area contributed by atoms with Crippen LogP contribution in [0.3, 0.4) is 0 Å². The number of rotatable bonds is 5. The fourth-order valence-corrected chi connectivity index (χ4v) is 3.77. The predicted octanol–water partition coefficient (Wildman–Crippen LogP) is 4.90. The van der Waals surface area contributed by atoms with Crippen molar-refractivity contribution in [3.63, 3.8) is 0 Å². The molecule has 0 radical (unpaired) electrons. The van der Waals surface area contributed by atoms with Crippen LogP contribution in [0.25, 0.3) is 6.08 Å². The van der Waals surface area contributed by atoms with Crippen LogP contribution in [0, 0.1) is 6.92 Å². The van der Waals surface area contributed by atoms with Crippen molar-refractivity contribution in [3.8, 4) is 11.5 Å². The van der Waals surface area contributed by atoms with Crippen molar-refractivity contribution in [2.75, 3.05) is 13.7 Å². The van der Waals surface area contributed by atoms with Crippen LogP contribution >= 0.6 is 11.8 Å². The highest BCUT2D eigenvalue weighted by molar-refractivity contribution is 8.18. The Morgan fingerprint density at radius 2 is 1.97 bits per heavy atom. The van der Waals surface area contributed by atoms with E-state index in [0.29, 0.717) is 26.9 Å². The minimum atomic E-state index is -0.664. The molecule has 3 rings (SSSR count). The van der Waals surface area contributed by atoms with Gasteiger partial charge in [0.2, 0.25) is 0 Å². The van der Waals surface area contributed by atoms with E-state index in [-0.39, 0.29) is 23.7 Å². The van der Waals surface area contributed by atoms with Gasteiger partial charge in [-0.25, -0.2) is 9.79 Å². The van der Waals surface area contributed by atoms with E-state index >= 15 is 0 Å². The van der Waals surface area contributed by atoms with E-state index in [1.165, 1.54) is 7.11 Å². The minimum Gasteiger partial charge on any atom is -0.507 e. The van der Waals surface area contributed by atoms with Crippen LogP contribution in [-0.2, 0) is 9.53 Å². The van der Waals surface area contributed by atoms with Crippen LogP contribution in [0.15, 0.2) is 63.7 Å². The number of phenols is 1. The van der Waals surface area contributed by atoms with Crippen LogP contribution in [0.5, 0.6) is 11.5 Å². The number of phenolic OH excluding ortho intramolecular Hbond substituents is 1. The molecule has 0 aliphatic carbocycles. The summed E-state index contributed by atoms with van der Waals surface area (Å²) in [5.41, 5.74) is 1.99. The van der Waals surface area contributed by atoms with Gasteiger partial charge in [0.1, 0.15) is 33.6 Å². The molecule has 0 amide bonds. The summed E-state index contributed by atoms with van der Waals surface area (Å²) in [5.74, 6) is -0.285. The number of thioether (sulfide) groups is 1. The zero-order valence-corrected chi connectivity index (χ0v) is 17.1. The summed E-state index contributed by atoms with van der Waals surface area (Å²) < 4.78 is 10.4. The SMILES string of the molecule is CCOC(=O)C1=C(O)C(=Cc2cc(C)ccc2O)SC1=Nc1ccccc1OC. The van der Waals surface area contributed by atoms with Gasteiger partial charge in [0.25, 0.3) is 0 Å². The smallest absolute Gasteiger partial charge is 0.344 e. The monoisotopic (exact) mass is 411 g/mol. The first kappa shape index (κ1) is 20.5. The number of aliphatic imine (C=N–C) groups is 1. The van der Waals surface area contributed by atoms with E-state index < -0.39 is 5.97 Å². The molecule has 2 aromatic rings. The van der Waals surface area contributed by atoms with Gasteiger partial charge in [0, 0.05) is 5.56 Å². The second kappa shape index (κ2) is 8.87. The number of aryl methyl sites for hydroxylation is 1. The maximum atomic E-state index is 12.5. The Hall–Kier alpha value is -3.19. The molecule has 6 nitrogen and oxygen atoms in total. The highest BCUT2D eigenvalue weighted by Gasteiger charge is 2.33. The Bertz CT molecular complexity index is 1040. The number of ether oxygens (including phenoxy) is 2. The zero-order valence-electron chi connectivity index (χ0n) is 16.3. The van der Waals surface area contributed by atoms with E-state index in [4.69, 9.17) is 9.47 Å². The number of para-hydroxylation sites is 2. The summed E-state index contributed by atoms with van der Waals surface area (Å²) in [7, 11) is 1.53. The first-order valence-corrected chi connectivity index (χ1v) is 9.78. The normalized spacial score (nSPS) is 16.5. The van der Waals surface area contributed by atoms with Gasteiger partial charge >= 0.3 is 5.97 Å². The molecule has 29 heavy (non-hydrogen) atoms. The minimum absolute atomic E-state index is 0.0128. The topological polar surface area (TPSA) is 88.4 Å². The molecule has 7 heteroatoms. The Morgan fingerprint density at radius 3 is 2.69 bits per heavy atom. The number of hydrogen-bond donors (Lipinski definition) is 2. The number of hydrogen-bond acceptors (Lipinski definition) is 7. The maximum Gasteiger partial charge on any atom is 0.344 e. The number of nitrogens with zero attached hydrogens (tertiary/aromatic N) is 1. The number of aliphatic hydroxyl groups excluding tert-OH is 1. The quantitative estimate of drug-likeness (QED) is 0.680. The number of aromatic hydroxyl groups is 1. The Kier molecular flexibility index (Phi) is 6.29. The summed E-state index contributed by atoms with van der Waals surface area (Å²) in [5, 5.41) is 21.2. The fourth-order valence-electron chi connectivity index (χ4n) is 2.75. The molecule has 1 aliphatic rings. The first-order chi connectivity index (χ1) is 13.9. The van der Waals surface area contributed by atoms with E-state index in [2.05, 4.69) is 4.99 Å². The van der Waals surface area contributed by atoms with Crippen LogP contribution in [0.2, 0.25) is 0 Å². The predicted molar refractivity (Wildman–Crippen MR) is 115 cm³/mol. The van der Waals surface area contributed by atoms with Crippen molar-refractivity contribution < 1.29 is 24.5 Å². The van der Waals surface area contributed by atoms with Crippen molar-refractivity contribution in [1.29, 1.82) is 0 Å². The number of esters is 1. The summed E-state index contributed by atoms with van der Waals surface area (Å²) in [4.78, 5) is 17.4. The fraction of sp³-hybridized carbons (Fsp3) is 0.182. The van der Waals surface area contributed by atoms with Crippen molar-refractivity contribution in [2.24, 2.45) is 4.99 Å². The third-order valence-corrected chi connectivity index (χ3v) is 5.17. The molecule has 0 unspecified atom stereocenters. The van der Waals surface area contributed by atoms with Crippen molar-refractivity contribution in [2.45, 2.75) is 13.8 Å². The maximum absolute atomic E-state index is 12.5. The highest BCUT2D eigenvalue weighted by Crippen LogP contribution is 2.42. The molecule has 0 saturated carbocycles. The van der Waals surface area contributed by atoms with Gasteiger partial charge in [0.15, 0.2) is 0 Å².